The molecule has 1 unspecified atom stereocenters. The number of para-hydroxylation sites is 1. The number of nitrogens with one attached hydrogen (secondary N) is 2. The second-order valence-electron chi connectivity index (χ2n) is 5.50. The summed E-state index contributed by atoms with van der Waals surface area (Å²) in [6.45, 7) is 7.20. The fraction of sp³-hybridized carbons (Fsp3) is 0.500. The number of benzene rings is 1. The van der Waals surface area contributed by atoms with Crippen LogP contribution in [0.1, 0.15) is 13.8 Å². The van der Waals surface area contributed by atoms with Crippen LogP contribution in [-0.4, -0.2) is 55.6 Å². The molecule has 3 amide bonds. The average Bonchev–Trinajstić information content (AvgIpc) is 2.55. The summed E-state index contributed by atoms with van der Waals surface area (Å²) in [7, 11) is 0. The predicted octanol–water partition coefficient (Wildman–Crippen LogP) is 1.70. The first-order chi connectivity index (χ1) is 11.0. The van der Waals surface area contributed by atoms with Crippen molar-refractivity contribution < 1.29 is 9.59 Å². The predicted molar refractivity (Wildman–Crippen MR) is 91.9 cm³/mol. The molecule has 0 radical (unpaired) electrons. The maximum absolute atomic E-state index is 12.1. The van der Waals surface area contributed by atoms with Crippen molar-refractivity contribution in [3.8, 4) is 0 Å². The molecule has 1 aromatic carbocycles. The fourth-order valence-electron chi connectivity index (χ4n) is 2.65. The zero-order chi connectivity index (χ0) is 16.8. The van der Waals surface area contributed by atoms with E-state index in [4.69, 9.17) is 11.6 Å². The summed E-state index contributed by atoms with van der Waals surface area (Å²) in [5.41, 5.74) is 1.02. The molecular formula is C16H23ClN4O2. The van der Waals surface area contributed by atoms with E-state index in [9.17, 15) is 9.59 Å². The van der Waals surface area contributed by atoms with Gasteiger partial charge >= 0.3 is 6.03 Å². The largest absolute Gasteiger partial charge is 0.368 e. The van der Waals surface area contributed by atoms with Gasteiger partial charge in [-0.05, 0) is 26.0 Å². The van der Waals surface area contributed by atoms with Gasteiger partial charge in [-0.15, -0.1) is 0 Å². The highest BCUT2D eigenvalue weighted by atomic mass is 35.5. The lowest BCUT2D eigenvalue weighted by atomic mass is 10.2. The van der Waals surface area contributed by atoms with Crippen LogP contribution in [0.2, 0.25) is 5.02 Å². The fourth-order valence-corrected chi connectivity index (χ4v) is 2.90. The van der Waals surface area contributed by atoms with Gasteiger partial charge in [-0.1, -0.05) is 23.7 Å². The van der Waals surface area contributed by atoms with Gasteiger partial charge in [-0.2, -0.15) is 0 Å². The van der Waals surface area contributed by atoms with Crippen LogP contribution in [0.15, 0.2) is 24.3 Å². The minimum Gasteiger partial charge on any atom is -0.368 e. The Balaban J connectivity index is 1.87. The van der Waals surface area contributed by atoms with Crippen LogP contribution in [0.3, 0.4) is 0 Å². The first-order valence-corrected chi connectivity index (χ1v) is 8.23. The van der Waals surface area contributed by atoms with E-state index >= 15 is 0 Å². The van der Waals surface area contributed by atoms with Gasteiger partial charge in [0.25, 0.3) is 0 Å². The third-order valence-electron chi connectivity index (χ3n) is 4.01. The molecule has 0 saturated carbocycles. The lowest BCUT2D eigenvalue weighted by Gasteiger charge is -2.38. The normalized spacial score (nSPS) is 16.7. The molecule has 23 heavy (non-hydrogen) atoms. The Labute approximate surface area is 141 Å². The van der Waals surface area contributed by atoms with Gasteiger partial charge in [0.05, 0.1) is 16.8 Å². The van der Waals surface area contributed by atoms with Gasteiger partial charge < -0.3 is 10.2 Å². The maximum atomic E-state index is 12.1. The van der Waals surface area contributed by atoms with Gasteiger partial charge in [0.15, 0.2) is 0 Å². The summed E-state index contributed by atoms with van der Waals surface area (Å²) >= 11 is 6.23. The Morgan fingerprint density at radius 3 is 2.48 bits per heavy atom. The first-order valence-electron chi connectivity index (χ1n) is 7.85. The monoisotopic (exact) mass is 338 g/mol. The smallest absolute Gasteiger partial charge is 0.321 e. The third kappa shape index (κ3) is 4.59. The number of rotatable bonds is 4. The number of anilines is 1. The molecule has 1 aromatic rings. The molecule has 0 spiro atoms. The number of hydrogen-bond donors (Lipinski definition) is 2. The number of piperazine rings is 1. The molecule has 0 aliphatic carbocycles. The van der Waals surface area contributed by atoms with Gasteiger partial charge in [0.1, 0.15) is 0 Å². The van der Waals surface area contributed by atoms with Crippen LogP contribution in [0.5, 0.6) is 0 Å². The van der Waals surface area contributed by atoms with Crippen LogP contribution in [0.4, 0.5) is 10.5 Å². The van der Waals surface area contributed by atoms with Crippen LogP contribution >= 0.6 is 11.6 Å². The summed E-state index contributed by atoms with van der Waals surface area (Å²) < 4.78 is 0. The molecule has 1 saturated heterocycles. The van der Waals surface area contributed by atoms with Crippen LogP contribution in [0, 0.1) is 0 Å². The first kappa shape index (κ1) is 17.6. The Morgan fingerprint density at radius 2 is 1.87 bits per heavy atom. The van der Waals surface area contributed by atoms with E-state index in [0.717, 1.165) is 36.9 Å². The van der Waals surface area contributed by atoms with E-state index in [1.165, 1.54) is 0 Å². The van der Waals surface area contributed by atoms with E-state index in [1.807, 2.05) is 31.2 Å². The van der Waals surface area contributed by atoms with Gasteiger partial charge in [-0.3, -0.25) is 15.0 Å². The molecule has 1 aliphatic heterocycles. The molecule has 1 atom stereocenters. The summed E-state index contributed by atoms with van der Waals surface area (Å²) in [5.74, 6) is -0.276. The van der Waals surface area contributed by atoms with E-state index < -0.39 is 6.03 Å². The standard InChI is InChI=1S/C16H23ClN4O2/c1-3-18-16(23)19-15(22)12(2)20-8-10-21(11-9-20)14-7-5-4-6-13(14)17/h4-7,12H,3,8-11H2,1-2H3,(H2,18,19,22,23). The van der Waals surface area contributed by atoms with Crippen molar-refractivity contribution >= 4 is 29.2 Å². The molecule has 2 N–H and O–H groups in total. The molecule has 1 aliphatic rings. The molecule has 2 rings (SSSR count). The Bertz CT molecular complexity index is 559. The SMILES string of the molecule is CCNC(=O)NC(=O)C(C)N1CCN(c2ccccc2Cl)CC1. The number of imide groups is 1. The minimum absolute atomic E-state index is 0.276. The lowest BCUT2D eigenvalue weighted by Crippen LogP contribution is -2.55. The quantitative estimate of drug-likeness (QED) is 0.877. The summed E-state index contributed by atoms with van der Waals surface area (Å²) in [4.78, 5) is 27.8. The average molecular weight is 339 g/mol. The van der Waals surface area contributed by atoms with Crippen molar-refractivity contribution in [3.05, 3.63) is 29.3 Å². The van der Waals surface area contributed by atoms with Gasteiger partial charge in [0.2, 0.25) is 5.91 Å². The highest BCUT2D eigenvalue weighted by Gasteiger charge is 2.27. The maximum Gasteiger partial charge on any atom is 0.321 e. The van der Waals surface area contributed by atoms with Crippen molar-refractivity contribution in [2.24, 2.45) is 0 Å². The van der Waals surface area contributed by atoms with Crippen molar-refractivity contribution in [2.45, 2.75) is 19.9 Å². The molecule has 1 heterocycles. The number of carbonyl (C=O) groups is 2. The Morgan fingerprint density at radius 1 is 1.22 bits per heavy atom. The zero-order valence-electron chi connectivity index (χ0n) is 13.5. The van der Waals surface area contributed by atoms with Crippen LogP contribution in [0.25, 0.3) is 0 Å². The topological polar surface area (TPSA) is 64.7 Å². The third-order valence-corrected chi connectivity index (χ3v) is 4.33. The zero-order valence-corrected chi connectivity index (χ0v) is 14.3. The molecule has 126 valence electrons. The number of carbonyl (C=O) groups excluding carboxylic acids is 2. The lowest BCUT2D eigenvalue weighted by molar-refractivity contribution is -0.124. The summed E-state index contributed by atoms with van der Waals surface area (Å²) in [6.07, 6.45) is 0. The number of nitrogens with zero attached hydrogens (tertiary/aromatic N) is 2. The van der Waals surface area contributed by atoms with Crippen molar-refractivity contribution in [3.63, 3.8) is 0 Å². The van der Waals surface area contributed by atoms with Crippen molar-refractivity contribution in [1.29, 1.82) is 0 Å². The van der Waals surface area contributed by atoms with E-state index in [-0.39, 0.29) is 11.9 Å². The number of urea groups is 1. The second-order valence-corrected chi connectivity index (χ2v) is 5.91. The second kappa shape index (κ2) is 8.17. The molecular weight excluding hydrogens is 316 g/mol. The number of amides is 3. The van der Waals surface area contributed by atoms with Crippen molar-refractivity contribution in [1.82, 2.24) is 15.5 Å². The highest BCUT2D eigenvalue weighted by Crippen LogP contribution is 2.26. The summed E-state index contributed by atoms with van der Waals surface area (Å²) in [5, 5.41) is 5.66. The molecule has 0 aromatic heterocycles. The van der Waals surface area contributed by atoms with Crippen molar-refractivity contribution in [2.75, 3.05) is 37.6 Å². The minimum atomic E-state index is -0.445. The van der Waals surface area contributed by atoms with Crippen LogP contribution in [-0.2, 0) is 4.79 Å². The Hall–Kier alpha value is -1.79. The highest BCUT2D eigenvalue weighted by molar-refractivity contribution is 6.33. The van der Waals surface area contributed by atoms with Crippen LogP contribution < -0.4 is 15.5 Å². The van der Waals surface area contributed by atoms with Gasteiger partial charge in [-0.25, -0.2) is 4.79 Å². The molecule has 7 heteroatoms. The molecule has 0 bridgehead atoms. The molecule has 1 fully saturated rings. The van der Waals surface area contributed by atoms with E-state index in [1.54, 1.807) is 6.92 Å². The molecule has 6 nitrogen and oxygen atoms in total. The van der Waals surface area contributed by atoms with E-state index in [0.29, 0.717) is 6.54 Å². The number of halogens is 1. The Kier molecular flexibility index (Phi) is 6.24. The van der Waals surface area contributed by atoms with E-state index in [2.05, 4.69) is 20.4 Å². The summed E-state index contributed by atoms with van der Waals surface area (Å²) in [6, 6.07) is 6.98. The van der Waals surface area contributed by atoms with Gasteiger partial charge in [0, 0.05) is 32.7 Å². The number of hydrogen-bond acceptors (Lipinski definition) is 4.